The number of hydrogen-bond acceptors (Lipinski definition) is 6. The maximum absolute atomic E-state index is 12.2. The largest absolute Gasteiger partial charge is 0.458 e. The molecule has 3 saturated carbocycles. The normalized spacial score (nSPS) is 49.1. The van der Waals surface area contributed by atoms with Crippen LogP contribution in [0.25, 0.3) is 0 Å². The van der Waals surface area contributed by atoms with Gasteiger partial charge in [0.05, 0.1) is 17.9 Å². The molecule has 0 saturated heterocycles. The van der Waals surface area contributed by atoms with Gasteiger partial charge in [0.2, 0.25) is 0 Å². The minimum absolute atomic E-state index is 0.121. The number of allylic oxidation sites excluding steroid dienone is 1. The lowest BCUT2D eigenvalue weighted by molar-refractivity contribution is -0.175. The molecule has 158 valence electrons. The van der Waals surface area contributed by atoms with E-state index in [-0.39, 0.29) is 34.6 Å². The maximum atomic E-state index is 12.2. The van der Waals surface area contributed by atoms with Gasteiger partial charge in [0, 0.05) is 16.9 Å². The van der Waals surface area contributed by atoms with E-state index in [1.165, 1.54) is 5.57 Å². The molecule has 29 heavy (non-hydrogen) atoms. The minimum atomic E-state index is -0.801. The summed E-state index contributed by atoms with van der Waals surface area (Å²) in [5.41, 5.74) is 0.772. The summed E-state index contributed by atoms with van der Waals surface area (Å²) in [4.78, 5) is 11.7. The molecular formula is C23H31NO5. The molecule has 5 rings (SSSR count). The van der Waals surface area contributed by atoms with Gasteiger partial charge in [-0.3, -0.25) is 0 Å². The summed E-state index contributed by atoms with van der Waals surface area (Å²) in [5, 5.41) is 35.3. The summed E-state index contributed by atoms with van der Waals surface area (Å²) in [5.74, 6) is 0.236. The predicted molar refractivity (Wildman–Crippen MR) is 106 cm³/mol. The second kappa shape index (κ2) is 6.42. The number of ether oxygens (including phenoxy) is 1. The first-order valence-corrected chi connectivity index (χ1v) is 11.0. The zero-order valence-electron chi connectivity index (χ0n) is 17.0. The summed E-state index contributed by atoms with van der Waals surface area (Å²) in [7, 11) is 0. The zero-order valence-corrected chi connectivity index (χ0v) is 17.0. The standard InChI is InChI=1S/C23H31NO5/c1-21-7-5-18-19(3-2-15-11-16(25)4-8-22(15,18)13-24-28)23(21,27)9-6-17(21)14-10-20(26)29-12-14/h10-11,13,16-19,25,27-28H,2-9,12H2,1H3/t16?,17?,18?,19?,21-,22-,23?/m0/s1. The monoisotopic (exact) mass is 401 g/mol. The molecule has 7 atom stereocenters. The Hall–Kier alpha value is -1.66. The Balaban J connectivity index is 1.53. The number of nitrogens with zero attached hydrogens (tertiary/aromatic N) is 1. The molecule has 6 nitrogen and oxygen atoms in total. The highest BCUT2D eigenvalue weighted by Gasteiger charge is 2.67. The number of oxime groups is 1. The fourth-order valence-corrected chi connectivity index (χ4v) is 7.92. The average molecular weight is 402 g/mol. The Labute approximate surface area is 171 Å². The SMILES string of the molecule is C[C@@]12CCC3C(CCC4=CC(O)CC[C@]43C=NO)C1(O)CCC2C1=CC(=O)OC1. The average Bonchev–Trinajstić information content (AvgIpc) is 3.23. The number of carbonyl (C=O) groups excluding carboxylic acids is 1. The van der Waals surface area contributed by atoms with Crippen LogP contribution in [0.1, 0.15) is 58.3 Å². The van der Waals surface area contributed by atoms with Crippen LogP contribution in [0.4, 0.5) is 0 Å². The van der Waals surface area contributed by atoms with Crippen molar-refractivity contribution in [1.82, 2.24) is 0 Å². The van der Waals surface area contributed by atoms with Crippen LogP contribution in [0, 0.1) is 28.6 Å². The van der Waals surface area contributed by atoms with Crippen LogP contribution in [0.2, 0.25) is 0 Å². The van der Waals surface area contributed by atoms with Gasteiger partial charge >= 0.3 is 5.97 Å². The first-order chi connectivity index (χ1) is 13.8. The van der Waals surface area contributed by atoms with Crippen molar-refractivity contribution in [2.24, 2.45) is 33.7 Å². The van der Waals surface area contributed by atoms with Crippen molar-refractivity contribution < 1.29 is 25.0 Å². The van der Waals surface area contributed by atoms with E-state index in [1.807, 2.05) is 6.08 Å². The van der Waals surface area contributed by atoms with Crippen LogP contribution in [-0.4, -0.2) is 45.9 Å². The van der Waals surface area contributed by atoms with Gasteiger partial charge in [0.15, 0.2) is 0 Å². The fraction of sp³-hybridized carbons (Fsp3) is 0.739. The highest BCUT2D eigenvalue weighted by atomic mass is 16.5. The van der Waals surface area contributed by atoms with Crippen molar-refractivity contribution in [3.8, 4) is 0 Å². The van der Waals surface area contributed by atoms with Crippen LogP contribution < -0.4 is 0 Å². The third-order valence-corrected chi connectivity index (χ3v) is 9.30. The van der Waals surface area contributed by atoms with Crippen LogP contribution >= 0.6 is 0 Å². The van der Waals surface area contributed by atoms with Gasteiger partial charge in [-0.15, -0.1) is 5.16 Å². The number of aliphatic hydroxyl groups excluding tert-OH is 1. The number of rotatable bonds is 2. The third-order valence-electron chi connectivity index (χ3n) is 9.30. The first kappa shape index (κ1) is 19.3. The summed E-state index contributed by atoms with van der Waals surface area (Å²) >= 11 is 0. The van der Waals surface area contributed by atoms with E-state index >= 15 is 0 Å². The molecule has 1 heterocycles. The van der Waals surface area contributed by atoms with Gasteiger partial charge in [-0.25, -0.2) is 4.79 Å². The van der Waals surface area contributed by atoms with Crippen molar-refractivity contribution in [3.05, 3.63) is 23.3 Å². The second-order valence-electron chi connectivity index (χ2n) is 10.1. The lowest BCUT2D eigenvalue weighted by Crippen LogP contribution is -2.61. The van der Waals surface area contributed by atoms with Crippen LogP contribution in [-0.2, 0) is 9.53 Å². The summed E-state index contributed by atoms with van der Waals surface area (Å²) in [6, 6.07) is 0. The quantitative estimate of drug-likeness (QED) is 0.217. The van der Waals surface area contributed by atoms with Gasteiger partial charge in [-0.05, 0) is 74.7 Å². The number of esters is 1. The Morgan fingerprint density at radius 2 is 2.00 bits per heavy atom. The number of hydrogen-bond donors (Lipinski definition) is 3. The van der Waals surface area contributed by atoms with Crippen LogP contribution in [0.5, 0.6) is 0 Å². The molecule has 0 radical (unpaired) electrons. The number of carbonyl (C=O) groups is 1. The van der Waals surface area contributed by atoms with Crippen LogP contribution in [0.15, 0.2) is 28.5 Å². The van der Waals surface area contributed by atoms with Gasteiger partial charge in [-0.1, -0.05) is 18.6 Å². The van der Waals surface area contributed by atoms with Crippen molar-refractivity contribution in [3.63, 3.8) is 0 Å². The van der Waals surface area contributed by atoms with E-state index in [9.17, 15) is 20.2 Å². The van der Waals surface area contributed by atoms with E-state index in [0.717, 1.165) is 50.5 Å². The molecule has 5 aliphatic rings. The number of aliphatic hydroxyl groups is 2. The van der Waals surface area contributed by atoms with Gasteiger partial charge in [-0.2, -0.15) is 0 Å². The molecule has 6 heteroatoms. The van der Waals surface area contributed by atoms with Gasteiger partial charge in [0.25, 0.3) is 0 Å². The smallest absolute Gasteiger partial charge is 0.331 e. The zero-order chi connectivity index (χ0) is 20.4. The molecule has 0 aromatic carbocycles. The molecular weight excluding hydrogens is 370 g/mol. The van der Waals surface area contributed by atoms with Crippen molar-refractivity contribution in [2.45, 2.75) is 70.0 Å². The molecule has 5 unspecified atom stereocenters. The highest BCUT2D eigenvalue weighted by molar-refractivity contribution is 5.85. The van der Waals surface area contributed by atoms with Crippen molar-refractivity contribution in [2.75, 3.05) is 6.61 Å². The molecule has 0 aromatic rings. The molecule has 4 aliphatic carbocycles. The second-order valence-corrected chi connectivity index (χ2v) is 10.1. The lowest BCUT2D eigenvalue weighted by atomic mass is 9.44. The maximum Gasteiger partial charge on any atom is 0.331 e. The summed E-state index contributed by atoms with van der Waals surface area (Å²) < 4.78 is 5.18. The lowest BCUT2D eigenvalue weighted by Gasteiger charge is -2.61. The van der Waals surface area contributed by atoms with E-state index in [2.05, 4.69) is 12.1 Å². The number of fused-ring (bicyclic) bond motifs is 5. The molecule has 0 spiro atoms. The van der Waals surface area contributed by atoms with Gasteiger partial charge in [0.1, 0.15) is 6.61 Å². The Morgan fingerprint density at radius 3 is 2.72 bits per heavy atom. The molecule has 1 aliphatic heterocycles. The molecule has 0 bridgehead atoms. The fourth-order valence-electron chi connectivity index (χ4n) is 7.92. The Bertz CT molecular complexity index is 818. The molecule has 3 N–H and O–H groups in total. The highest BCUT2D eigenvalue weighted by Crippen LogP contribution is 2.69. The van der Waals surface area contributed by atoms with Gasteiger partial charge < -0.3 is 20.2 Å². The summed E-state index contributed by atoms with van der Waals surface area (Å²) in [6.45, 7) is 2.56. The molecule has 0 amide bonds. The Kier molecular flexibility index (Phi) is 4.27. The third kappa shape index (κ3) is 2.48. The topological polar surface area (TPSA) is 99.4 Å². The Morgan fingerprint density at radius 1 is 1.17 bits per heavy atom. The minimum Gasteiger partial charge on any atom is -0.458 e. The first-order valence-electron chi connectivity index (χ1n) is 11.0. The molecule has 3 fully saturated rings. The van der Waals surface area contributed by atoms with Crippen molar-refractivity contribution in [1.29, 1.82) is 0 Å². The van der Waals surface area contributed by atoms with E-state index in [1.54, 1.807) is 12.3 Å². The number of cyclic esters (lactones) is 1. The summed E-state index contributed by atoms with van der Waals surface area (Å²) in [6.07, 6.45) is 11.4. The van der Waals surface area contributed by atoms with Crippen molar-refractivity contribution >= 4 is 12.2 Å². The predicted octanol–water partition coefficient (Wildman–Crippen LogP) is 2.96. The van der Waals surface area contributed by atoms with E-state index in [0.29, 0.717) is 13.0 Å². The van der Waals surface area contributed by atoms with E-state index in [4.69, 9.17) is 4.74 Å². The molecule has 0 aromatic heterocycles. The van der Waals surface area contributed by atoms with E-state index < -0.39 is 11.7 Å². The van der Waals surface area contributed by atoms with Crippen LogP contribution in [0.3, 0.4) is 0 Å².